The predicted molar refractivity (Wildman–Crippen MR) is 125 cm³/mol. The summed E-state index contributed by atoms with van der Waals surface area (Å²) in [6.07, 6.45) is 16.8. The van der Waals surface area contributed by atoms with Gasteiger partial charge in [-0.15, -0.1) is 0 Å². The Kier molecular flexibility index (Phi) is 8.56. The van der Waals surface area contributed by atoms with Crippen LogP contribution < -0.4 is 5.14 Å². The monoisotopic (exact) mass is 410 g/mol. The molecule has 3 rings (SSSR count). The summed E-state index contributed by atoms with van der Waals surface area (Å²) in [5.41, 5.74) is 4.95. The molecule has 0 spiro atoms. The number of hydrogen-bond donors (Lipinski definition) is 2. The van der Waals surface area contributed by atoms with Gasteiger partial charge in [0, 0.05) is 35.6 Å². The van der Waals surface area contributed by atoms with Gasteiger partial charge in [-0.25, -0.2) is 4.98 Å². The second-order valence-corrected chi connectivity index (χ2v) is 8.71. The van der Waals surface area contributed by atoms with Gasteiger partial charge in [-0.3, -0.25) is 10.1 Å². The molecular formula is C24H34N4S. The van der Waals surface area contributed by atoms with Gasteiger partial charge in [0.2, 0.25) is 0 Å². The van der Waals surface area contributed by atoms with Crippen LogP contribution in [0.2, 0.25) is 0 Å². The predicted octanol–water partition coefficient (Wildman–Crippen LogP) is 6.54. The van der Waals surface area contributed by atoms with Gasteiger partial charge in [-0.2, -0.15) is 0 Å². The lowest BCUT2D eigenvalue weighted by molar-refractivity contribution is 0.434. The number of nitrogens with zero attached hydrogens (tertiary/aromatic N) is 2. The molecule has 1 aromatic carbocycles. The van der Waals surface area contributed by atoms with Crippen molar-refractivity contribution in [2.45, 2.75) is 76.5 Å². The van der Waals surface area contributed by atoms with Crippen molar-refractivity contribution in [3.05, 3.63) is 53.7 Å². The first-order valence-electron chi connectivity index (χ1n) is 10.9. The maximum absolute atomic E-state index is 6.00. The minimum absolute atomic E-state index is 0.679. The molecule has 2 aromatic rings. The lowest BCUT2D eigenvalue weighted by atomic mass is 9.84. The fourth-order valence-corrected chi connectivity index (χ4v) is 4.68. The Morgan fingerprint density at radius 2 is 2.14 bits per heavy atom. The number of hydrogen-bond acceptors (Lipinski definition) is 4. The van der Waals surface area contributed by atoms with Crippen LogP contribution in [0.25, 0.3) is 5.57 Å². The van der Waals surface area contributed by atoms with Crippen LogP contribution in [0.4, 0.5) is 0 Å². The quantitative estimate of drug-likeness (QED) is 0.364. The third-order valence-corrected chi connectivity index (χ3v) is 6.40. The zero-order valence-electron chi connectivity index (χ0n) is 17.8. The molecule has 4 nitrogen and oxygen atoms in total. The second kappa shape index (κ2) is 11.4. The fraction of sp³-hybridized carbons (Fsp3) is 0.500. The molecule has 0 unspecified atom stereocenters. The average molecular weight is 411 g/mol. The molecule has 0 radical (unpaired) electrons. The van der Waals surface area contributed by atoms with E-state index in [1.165, 1.54) is 79.3 Å². The van der Waals surface area contributed by atoms with E-state index in [0.29, 0.717) is 5.92 Å². The molecule has 29 heavy (non-hydrogen) atoms. The summed E-state index contributed by atoms with van der Waals surface area (Å²) in [7, 11) is 0. The van der Waals surface area contributed by atoms with Crippen LogP contribution in [0, 0.1) is 5.92 Å². The summed E-state index contributed by atoms with van der Waals surface area (Å²) in [4.78, 5) is 13.6. The van der Waals surface area contributed by atoms with Crippen LogP contribution in [-0.2, 0) is 6.42 Å². The molecule has 0 aliphatic heterocycles. The highest BCUT2D eigenvalue weighted by atomic mass is 32.2. The van der Waals surface area contributed by atoms with Crippen molar-refractivity contribution in [3.8, 4) is 0 Å². The minimum atomic E-state index is 0.679. The summed E-state index contributed by atoms with van der Waals surface area (Å²) in [5.74, 6) is 1.65. The normalized spacial score (nSPS) is 16.4. The van der Waals surface area contributed by atoms with Gasteiger partial charge in [0.15, 0.2) is 0 Å². The Labute approximate surface area is 179 Å². The Morgan fingerprint density at radius 3 is 2.83 bits per heavy atom. The third-order valence-electron chi connectivity index (χ3n) is 5.81. The molecule has 1 fully saturated rings. The highest BCUT2D eigenvalue weighted by molar-refractivity contribution is 7.97. The van der Waals surface area contributed by atoms with Gasteiger partial charge in [0.1, 0.15) is 5.82 Å². The van der Waals surface area contributed by atoms with Crippen molar-refractivity contribution >= 4 is 23.2 Å². The highest BCUT2D eigenvalue weighted by Gasteiger charge is 2.18. The van der Waals surface area contributed by atoms with Crippen molar-refractivity contribution in [1.29, 1.82) is 0 Å². The van der Waals surface area contributed by atoms with Crippen LogP contribution in [0.15, 0.2) is 46.7 Å². The van der Waals surface area contributed by atoms with Crippen molar-refractivity contribution < 1.29 is 0 Å². The van der Waals surface area contributed by atoms with E-state index in [0.717, 1.165) is 23.6 Å². The van der Waals surface area contributed by atoms with E-state index in [4.69, 9.17) is 10.1 Å². The topological polar surface area (TPSA) is 67.1 Å². The smallest absolute Gasteiger partial charge is 0.110 e. The largest absolute Gasteiger partial charge is 0.348 e. The molecular weight excluding hydrogens is 376 g/mol. The van der Waals surface area contributed by atoms with Crippen LogP contribution in [0.5, 0.6) is 0 Å². The first-order chi connectivity index (χ1) is 14.2. The van der Waals surface area contributed by atoms with Crippen molar-refractivity contribution in [2.24, 2.45) is 16.0 Å². The maximum atomic E-state index is 6.00. The molecule has 1 aliphatic carbocycles. The molecule has 0 bridgehead atoms. The number of benzene rings is 1. The van der Waals surface area contributed by atoms with Gasteiger partial charge >= 0.3 is 0 Å². The standard InChI is InChI=1S/C24H34N4S/c1-3-4-10-22(20-8-6-5-7-9-20)28-17-18(2)21-12-11-19(15-23(21)29-25)16-24-26-13-14-27-24/h11-15,17,20H,3-10,16,25H2,1-2H3,(H,26,27)/b18-17+,28-22?. The van der Waals surface area contributed by atoms with E-state index in [1.807, 2.05) is 6.20 Å². The SMILES string of the molecule is CCCCC(=N/C=C(\C)c1ccc(Cc2ncc[nH]2)cc1SN)C1CCCCC1. The molecule has 1 saturated carbocycles. The lowest BCUT2D eigenvalue weighted by Gasteiger charge is -2.23. The van der Waals surface area contributed by atoms with Gasteiger partial charge in [-0.05, 0) is 73.2 Å². The van der Waals surface area contributed by atoms with E-state index in [-0.39, 0.29) is 0 Å². The average Bonchev–Trinajstić information content (AvgIpc) is 3.27. The number of H-pyrrole nitrogens is 1. The van der Waals surface area contributed by atoms with Gasteiger partial charge < -0.3 is 4.98 Å². The fourth-order valence-electron chi connectivity index (χ4n) is 4.11. The van der Waals surface area contributed by atoms with E-state index < -0.39 is 0 Å². The molecule has 1 aromatic heterocycles. The molecule has 0 atom stereocenters. The zero-order valence-corrected chi connectivity index (χ0v) is 18.6. The molecule has 0 amide bonds. The Bertz CT molecular complexity index is 817. The number of aromatic nitrogens is 2. The van der Waals surface area contributed by atoms with Crippen LogP contribution in [-0.4, -0.2) is 15.7 Å². The molecule has 1 heterocycles. The number of nitrogens with two attached hydrogens (primary N) is 1. The van der Waals surface area contributed by atoms with Crippen LogP contribution in [0.1, 0.15) is 82.2 Å². The van der Waals surface area contributed by atoms with Gasteiger partial charge in [0.25, 0.3) is 0 Å². The summed E-state index contributed by atoms with van der Waals surface area (Å²) in [6, 6.07) is 6.50. The summed E-state index contributed by atoms with van der Waals surface area (Å²) in [6.45, 7) is 4.40. The molecule has 3 N–H and O–H groups in total. The van der Waals surface area contributed by atoms with E-state index in [9.17, 15) is 0 Å². The number of rotatable bonds is 9. The second-order valence-electron chi connectivity index (χ2n) is 8.03. The van der Waals surface area contributed by atoms with Crippen LogP contribution in [0.3, 0.4) is 0 Å². The molecule has 5 heteroatoms. The Hall–Kier alpha value is -1.85. The van der Waals surface area contributed by atoms with Crippen molar-refractivity contribution in [3.63, 3.8) is 0 Å². The number of allylic oxidation sites excluding steroid dienone is 1. The van der Waals surface area contributed by atoms with Crippen LogP contribution >= 0.6 is 11.9 Å². The third kappa shape index (κ3) is 6.31. The van der Waals surface area contributed by atoms with E-state index >= 15 is 0 Å². The Morgan fingerprint density at radius 1 is 1.31 bits per heavy atom. The number of imidazole rings is 1. The van der Waals surface area contributed by atoms with Gasteiger partial charge in [0.05, 0.1) is 0 Å². The number of aliphatic imine (C=N–C) groups is 1. The summed E-state index contributed by atoms with van der Waals surface area (Å²) >= 11 is 1.31. The van der Waals surface area contributed by atoms with Crippen molar-refractivity contribution in [2.75, 3.05) is 0 Å². The minimum Gasteiger partial charge on any atom is -0.348 e. The number of aromatic amines is 1. The summed E-state index contributed by atoms with van der Waals surface area (Å²) in [5, 5.41) is 6.00. The summed E-state index contributed by atoms with van der Waals surface area (Å²) < 4.78 is 0. The first kappa shape index (κ1) is 21.8. The Balaban J connectivity index is 1.79. The van der Waals surface area contributed by atoms with E-state index in [1.54, 1.807) is 6.20 Å². The molecule has 1 aliphatic rings. The molecule has 156 valence electrons. The number of nitrogens with one attached hydrogen (secondary N) is 1. The van der Waals surface area contributed by atoms with Gasteiger partial charge in [-0.1, -0.05) is 44.7 Å². The highest BCUT2D eigenvalue weighted by Crippen LogP contribution is 2.29. The van der Waals surface area contributed by atoms with Crippen molar-refractivity contribution in [1.82, 2.24) is 9.97 Å². The zero-order chi connectivity index (χ0) is 20.5. The first-order valence-corrected chi connectivity index (χ1v) is 11.8. The number of unbranched alkanes of at least 4 members (excludes halogenated alkanes) is 1. The lowest BCUT2D eigenvalue weighted by Crippen LogP contribution is -2.17. The van der Waals surface area contributed by atoms with E-state index in [2.05, 4.69) is 48.2 Å². The molecule has 0 saturated heterocycles. The maximum Gasteiger partial charge on any atom is 0.110 e.